The second kappa shape index (κ2) is 10.3. The normalized spacial score (nSPS) is 14.2. The fraction of sp³-hybridized carbons (Fsp3) is 0.333. The molecular weight excluding hydrogens is 384 g/mol. The SMILES string of the molecule is CCCCCCOc1cccc(/C=C2\Sc3ccc(CCC(=O)O)cc3C2=O)c1. The second-order valence-electron chi connectivity index (χ2n) is 7.15. The number of carbonyl (C=O) groups is 2. The number of aliphatic carboxylic acids is 1. The molecule has 0 bridgehead atoms. The van der Waals surface area contributed by atoms with Crippen molar-refractivity contribution in [3.05, 3.63) is 64.1 Å². The number of fused-ring (bicyclic) bond motifs is 1. The van der Waals surface area contributed by atoms with Gasteiger partial charge >= 0.3 is 5.97 Å². The minimum atomic E-state index is -0.834. The van der Waals surface area contributed by atoms with Crippen molar-refractivity contribution in [2.24, 2.45) is 0 Å². The molecule has 152 valence electrons. The number of Topliss-reactive ketones (excluding diaryl/α,β-unsaturated/α-hetero) is 1. The molecule has 0 aromatic heterocycles. The molecule has 0 saturated heterocycles. The molecule has 0 fully saturated rings. The molecule has 0 unspecified atom stereocenters. The monoisotopic (exact) mass is 410 g/mol. The molecule has 29 heavy (non-hydrogen) atoms. The van der Waals surface area contributed by atoms with Gasteiger partial charge in [0.2, 0.25) is 5.78 Å². The van der Waals surface area contributed by atoms with Gasteiger partial charge < -0.3 is 9.84 Å². The van der Waals surface area contributed by atoms with Gasteiger partial charge in [-0.25, -0.2) is 0 Å². The molecule has 1 aliphatic rings. The molecule has 0 atom stereocenters. The van der Waals surface area contributed by atoms with Crippen LogP contribution in [-0.4, -0.2) is 23.5 Å². The van der Waals surface area contributed by atoms with Crippen LogP contribution in [0.3, 0.4) is 0 Å². The van der Waals surface area contributed by atoms with E-state index in [2.05, 4.69) is 6.92 Å². The van der Waals surface area contributed by atoms with E-state index in [0.29, 0.717) is 23.5 Å². The average molecular weight is 411 g/mol. The van der Waals surface area contributed by atoms with Crippen molar-refractivity contribution in [3.8, 4) is 5.75 Å². The number of carboxylic acid groups (broad SMARTS) is 1. The van der Waals surface area contributed by atoms with Crippen LogP contribution in [0.2, 0.25) is 0 Å². The third-order valence-electron chi connectivity index (χ3n) is 4.78. The van der Waals surface area contributed by atoms with Crippen molar-refractivity contribution in [1.82, 2.24) is 0 Å². The summed E-state index contributed by atoms with van der Waals surface area (Å²) in [6, 6.07) is 13.4. The summed E-state index contributed by atoms with van der Waals surface area (Å²) in [5.74, 6) is -0.0212. The van der Waals surface area contributed by atoms with Gasteiger partial charge in [0.05, 0.1) is 11.5 Å². The van der Waals surface area contributed by atoms with Gasteiger partial charge in [-0.05, 0) is 54.3 Å². The lowest BCUT2D eigenvalue weighted by Crippen LogP contribution is -2.00. The third kappa shape index (κ3) is 5.97. The van der Waals surface area contributed by atoms with Crippen molar-refractivity contribution in [2.75, 3.05) is 6.61 Å². The highest BCUT2D eigenvalue weighted by Crippen LogP contribution is 2.41. The minimum Gasteiger partial charge on any atom is -0.494 e. The fourth-order valence-corrected chi connectivity index (χ4v) is 4.24. The number of unbranched alkanes of at least 4 members (excludes halogenated alkanes) is 3. The molecule has 5 heteroatoms. The van der Waals surface area contributed by atoms with Crippen LogP contribution in [0.1, 0.15) is 60.5 Å². The first kappa shape index (κ1) is 21.2. The Morgan fingerprint density at radius 3 is 2.79 bits per heavy atom. The molecule has 0 saturated carbocycles. The Bertz CT molecular complexity index is 917. The number of carbonyl (C=O) groups excluding carboxylic acids is 1. The number of aryl methyl sites for hydroxylation is 1. The first-order chi connectivity index (χ1) is 14.1. The maximum absolute atomic E-state index is 12.8. The van der Waals surface area contributed by atoms with E-state index in [9.17, 15) is 9.59 Å². The van der Waals surface area contributed by atoms with Crippen LogP contribution in [0, 0.1) is 0 Å². The van der Waals surface area contributed by atoms with Gasteiger partial charge in [0.15, 0.2) is 0 Å². The molecule has 0 aliphatic carbocycles. The summed E-state index contributed by atoms with van der Waals surface area (Å²) in [7, 11) is 0. The summed E-state index contributed by atoms with van der Waals surface area (Å²) in [6.45, 7) is 2.90. The predicted molar refractivity (Wildman–Crippen MR) is 117 cm³/mol. The van der Waals surface area contributed by atoms with Gasteiger partial charge in [-0.15, -0.1) is 0 Å². The van der Waals surface area contributed by atoms with Crippen LogP contribution < -0.4 is 4.74 Å². The smallest absolute Gasteiger partial charge is 0.303 e. The molecule has 0 spiro atoms. The van der Waals surface area contributed by atoms with Gasteiger partial charge in [-0.3, -0.25) is 9.59 Å². The van der Waals surface area contributed by atoms with Gasteiger partial charge in [-0.1, -0.05) is 56.1 Å². The Morgan fingerprint density at radius 2 is 2.00 bits per heavy atom. The molecule has 1 aliphatic heterocycles. The quantitative estimate of drug-likeness (QED) is 0.385. The van der Waals surface area contributed by atoms with E-state index in [0.717, 1.165) is 28.2 Å². The van der Waals surface area contributed by atoms with Crippen LogP contribution >= 0.6 is 11.8 Å². The summed E-state index contributed by atoms with van der Waals surface area (Å²) < 4.78 is 5.84. The first-order valence-corrected chi connectivity index (χ1v) is 10.9. The first-order valence-electron chi connectivity index (χ1n) is 10.1. The lowest BCUT2D eigenvalue weighted by atomic mass is 10.0. The lowest BCUT2D eigenvalue weighted by molar-refractivity contribution is -0.136. The predicted octanol–water partition coefficient (Wildman–Crippen LogP) is 5.99. The third-order valence-corrected chi connectivity index (χ3v) is 5.88. The number of ketones is 1. The molecule has 0 radical (unpaired) electrons. The van der Waals surface area contributed by atoms with E-state index in [-0.39, 0.29) is 12.2 Å². The van der Waals surface area contributed by atoms with E-state index < -0.39 is 5.97 Å². The molecule has 2 aromatic carbocycles. The Balaban J connectivity index is 1.67. The summed E-state index contributed by atoms with van der Waals surface area (Å²) in [6.07, 6.45) is 7.05. The molecule has 4 nitrogen and oxygen atoms in total. The zero-order chi connectivity index (χ0) is 20.6. The van der Waals surface area contributed by atoms with Gasteiger partial charge in [-0.2, -0.15) is 0 Å². The number of allylic oxidation sites excluding steroid dienone is 1. The van der Waals surface area contributed by atoms with Crippen molar-refractivity contribution in [2.45, 2.75) is 50.3 Å². The summed E-state index contributed by atoms with van der Waals surface area (Å²) in [5, 5.41) is 8.85. The van der Waals surface area contributed by atoms with Crippen LogP contribution in [0.5, 0.6) is 5.75 Å². The number of thioether (sulfide) groups is 1. The standard InChI is InChI=1S/C24H26O4S/c1-2-3-4-5-13-28-19-8-6-7-18(14-19)16-22-24(27)20-15-17(10-12-23(25)26)9-11-21(20)29-22/h6-9,11,14-16H,2-5,10,12-13H2,1H3,(H,25,26)/b22-16-. The van der Waals surface area contributed by atoms with Crippen LogP contribution in [0.15, 0.2) is 52.3 Å². The topological polar surface area (TPSA) is 63.6 Å². The highest BCUT2D eigenvalue weighted by atomic mass is 32.2. The summed E-state index contributed by atoms with van der Waals surface area (Å²) >= 11 is 1.46. The van der Waals surface area contributed by atoms with Crippen molar-refractivity contribution >= 4 is 29.6 Å². The maximum atomic E-state index is 12.8. The lowest BCUT2D eigenvalue weighted by Gasteiger charge is -2.06. The molecular formula is C24H26O4S. The van der Waals surface area contributed by atoms with Gasteiger partial charge in [0, 0.05) is 16.9 Å². The highest BCUT2D eigenvalue weighted by Gasteiger charge is 2.26. The van der Waals surface area contributed by atoms with Gasteiger partial charge in [0.1, 0.15) is 5.75 Å². The fourth-order valence-electron chi connectivity index (χ4n) is 3.21. The van der Waals surface area contributed by atoms with Crippen molar-refractivity contribution in [1.29, 1.82) is 0 Å². The largest absolute Gasteiger partial charge is 0.494 e. The molecule has 3 rings (SSSR count). The summed E-state index contributed by atoms with van der Waals surface area (Å²) in [4.78, 5) is 25.2. The Hall–Kier alpha value is -2.53. The van der Waals surface area contributed by atoms with Crippen LogP contribution in [0.25, 0.3) is 6.08 Å². The highest BCUT2D eigenvalue weighted by molar-refractivity contribution is 8.04. The Morgan fingerprint density at radius 1 is 1.14 bits per heavy atom. The Kier molecular flexibility index (Phi) is 7.53. The van der Waals surface area contributed by atoms with E-state index in [4.69, 9.17) is 9.84 Å². The van der Waals surface area contributed by atoms with Crippen LogP contribution in [-0.2, 0) is 11.2 Å². The molecule has 1 N–H and O–H groups in total. The second-order valence-corrected chi connectivity index (χ2v) is 8.23. The zero-order valence-corrected chi connectivity index (χ0v) is 17.5. The number of ether oxygens (including phenoxy) is 1. The van der Waals surface area contributed by atoms with E-state index in [1.54, 1.807) is 0 Å². The Labute approximate surface area is 176 Å². The van der Waals surface area contributed by atoms with Crippen molar-refractivity contribution < 1.29 is 19.4 Å². The molecule has 0 amide bonds. The van der Waals surface area contributed by atoms with E-state index in [1.165, 1.54) is 31.0 Å². The number of hydrogen-bond acceptors (Lipinski definition) is 4. The van der Waals surface area contributed by atoms with E-state index >= 15 is 0 Å². The number of carboxylic acids is 1. The van der Waals surface area contributed by atoms with Crippen molar-refractivity contribution in [3.63, 3.8) is 0 Å². The number of benzene rings is 2. The number of rotatable bonds is 10. The molecule has 1 heterocycles. The zero-order valence-electron chi connectivity index (χ0n) is 16.6. The average Bonchev–Trinajstić information content (AvgIpc) is 3.01. The number of hydrogen-bond donors (Lipinski definition) is 1. The minimum absolute atomic E-state index is 0.00642. The molecule has 2 aromatic rings. The van der Waals surface area contributed by atoms with Gasteiger partial charge in [0.25, 0.3) is 0 Å². The van der Waals surface area contributed by atoms with E-state index in [1.807, 2.05) is 48.5 Å². The van der Waals surface area contributed by atoms with Crippen LogP contribution in [0.4, 0.5) is 0 Å². The maximum Gasteiger partial charge on any atom is 0.303 e. The summed E-state index contributed by atoms with van der Waals surface area (Å²) in [5.41, 5.74) is 2.47.